The van der Waals surface area contributed by atoms with E-state index in [-0.39, 0.29) is 42.5 Å². The highest BCUT2D eigenvalue weighted by atomic mass is 35.5. The van der Waals surface area contributed by atoms with Crippen molar-refractivity contribution in [2.45, 2.75) is 32.7 Å². The van der Waals surface area contributed by atoms with E-state index in [4.69, 9.17) is 11.6 Å². The summed E-state index contributed by atoms with van der Waals surface area (Å²) >= 11 is 6.10. The van der Waals surface area contributed by atoms with Crippen LogP contribution in [0.2, 0.25) is 5.02 Å². The van der Waals surface area contributed by atoms with Crippen molar-refractivity contribution in [3.05, 3.63) is 69.6 Å². The summed E-state index contributed by atoms with van der Waals surface area (Å²) < 4.78 is 1.38. The molecular formula is C22H23ClN4O3. The molecule has 3 aromatic rings. The molecule has 0 saturated carbocycles. The number of aromatic nitrogens is 2. The van der Waals surface area contributed by atoms with Crippen LogP contribution >= 0.6 is 11.6 Å². The van der Waals surface area contributed by atoms with Gasteiger partial charge in [-0.05, 0) is 30.7 Å². The summed E-state index contributed by atoms with van der Waals surface area (Å²) in [5.41, 5.74) is 1.49. The van der Waals surface area contributed by atoms with Crippen LogP contribution in [0.3, 0.4) is 0 Å². The second-order valence-electron chi connectivity index (χ2n) is 6.82. The van der Waals surface area contributed by atoms with Crippen molar-refractivity contribution in [2.75, 3.05) is 11.9 Å². The molecule has 0 aliphatic rings. The highest BCUT2D eigenvalue weighted by Gasteiger charge is 2.15. The van der Waals surface area contributed by atoms with Crippen molar-refractivity contribution in [3.8, 4) is 0 Å². The molecule has 30 heavy (non-hydrogen) atoms. The van der Waals surface area contributed by atoms with E-state index in [1.165, 1.54) is 4.57 Å². The Morgan fingerprint density at radius 2 is 1.80 bits per heavy atom. The van der Waals surface area contributed by atoms with Gasteiger partial charge in [-0.25, -0.2) is 4.98 Å². The first-order chi connectivity index (χ1) is 14.5. The standard InChI is InChI=1S/C22H23ClN4O3/c1-2-13-24-20(28)12-11-18-22(30)27(19-10-6-5-9-17(19)25-18)14-21(29)26-16-8-4-3-7-15(16)23/h3-10H,2,11-14H2,1H3,(H,24,28)(H,26,29). The number of para-hydroxylation sites is 3. The smallest absolute Gasteiger partial charge is 0.273 e. The Labute approximate surface area is 179 Å². The number of fused-ring (bicyclic) bond motifs is 1. The van der Waals surface area contributed by atoms with Gasteiger partial charge in [0.2, 0.25) is 11.8 Å². The van der Waals surface area contributed by atoms with E-state index in [1.54, 1.807) is 42.5 Å². The van der Waals surface area contributed by atoms with Crippen molar-refractivity contribution < 1.29 is 9.59 Å². The number of rotatable bonds is 8. The van der Waals surface area contributed by atoms with Gasteiger partial charge >= 0.3 is 0 Å². The SMILES string of the molecule is CCCNC(=O)CCc1nc2ccccc2n(CC(=O)Nc2ccccc2Cl)c1=O. The number of nitrogens with zero attached hydrogens (tertiary/aromatic N) is 2. The van der Waals surface area contributed by atoms with Gasteiger partial charge in [-0.1, -0.05) is 42.8 Å². The molecule has 0 aliphatic carbocycles. The number of hydrogen-bond acceptors (Lipinski definition) is 4. The number of carbonyl (C=O) groups excluding carboxylic acids is 2. The molecule has 0 radical (unpaired) electrons. The maximum Gasteiger partial charge on any atom is 0.273 e. The largest absolute Gasteiger partial charge is 0.356 e. The number of halogens is 1. The molecule has 0 bridgehead atoms. The number of aryl methyl sites for hydroxylation is 1. The second kappa shape index (κ2) is 10.0. The van der Waals surface area contributed by atoms with E-state index in [1.807, 2.05) is 13.0 Å². The van der Waals surface area contributed by atoms with Crippen molar-refractivity contribution in [2.24, 2.45) is 0 Å². The number of carbonyl (C=O) groups is 2. The van der Waals surface area contributed by atoms with E-state index in [9.17, 15) is 14.4 Å². The fourth-order valence-corrected chi connectivity index (χ4v) is 3.23. The van der Waals surface area contributed by atoms with Crippen molar-refractivity contribution in [3.63, 3.8) is 0 Å². The first-order valence-electron chi connectivity index (χ1n) is 9.79. The molecule has 1 aromatic heterocycles. The van der Waals surface area contributed by atoms with E-state index < -0.39 is 0 Å². The number of benzene rings is 2. The molecule has 8 heteroatoms. The molecule has 2 amide bonds. The van der Waals surface area contributed by atoms with E-state index in [2.05, 4.69) is 15.6 Å². The maximum absolute atomic E-state index is 13.0. The van der Waals surface area contributed by atoms with Gasteiger partial charge < -0.3 is 10.6 Å². The lowest BCUT2D eigenvalue weighted by Crippen LogP contribution is -2.32. The molecule has 0 fully saturated rings. The minimum atomic E-state index is -0.383. The molecule has 1 heterocycles. The van der Waals surface area contributed by atoms with E-state index in [0.717, 1.165) is 6.42 Å². The molecule has 2 aromatic carbocycles. The lowest BCUT2D eigenvalue weighted by molar-refractivity contribution is -0.121. The van der Waals surface area contributed by atoms with Gasteiger partial charge in [-0.2, -0.15) is 0 Å². The number of nitrogens with one attached hydrogen (secondary N) is 2. The molecule has 0 atom stereocenters. The van der Waals surface area contributed by atoms with Gasteiger partial charge in [-0.15, -0.1) is 0 Å². The number of amides is 2. The predicted octanol–water partition coefficient (Wildman–Crippen LogP) is 3.15. The normalized spacial score (nSPS) is 10.7. The molecular weight excluding hydrogens is 404 g/mol. The Bertz CT molecular complexity index is 1130. The summed E-state index contributed by atoms with van der Waals surface area (Å²) in [7, 11) is 0. The number of anilines is 1. The first kappa shape index (κ1) is 21.5. The fraction of sp³-hybridized carbons (Fsp3) is 0.273. The average molecular weight is 427 g/mol. The van der Waals surface area contributed by atoms with Crippen LogP contribution in [-0.4, -0.2) is 27.9 Å². The highest BCUT2D eigenvalue weighted by Crippen LogP contribution is 2.20. The van der Waals surface area contributed by atoms with Crippen molar-refractivity contribution in [1.29, 1.82) is 0 Å². The maximum atomic E-state index is 13.0. The lowest BCUT2D eigenvalue weighted by Gasteiger charge is -2.13. The first-order valence-corrected chi connectivity index (χ1v) is 10.2. The van der Waals surface area contributed by atoms with Crippen LogP contribution < -0.4 is 16.2 Å². The Morgan fingerprint density at radius 3 is 2.57 bits per heavy atom. The van der Waals surface area contributed by atoms with Gasteiger partial charge in [-0.3, -0.25) is 19.0 Å². The summed E-state index contributed by atoms with van der Waals surface area (Å²) in [4.78, 5) is 42.0. The van der Waals surface area contributed by atoms with E-state index >= 15 is 0 Å². The molecule has 0 spiro atoms. The zero-order chi connectivity index (χ0) is 21.5. The van der Waals surface area contributed by atoms with Crippen LogP contribution in [-0.2, 0) is 22.6 Å². The number of hydrogen-bond donors (Lipinski definition) is 2. The van der Waals surface area contributed by atoms with Gasteiger partial charge in [0.25, 0.3) is 5.56 Å². The summed E-state index contributed by atoms with van der Waals surface area (Å²) in [6.45, 7) is 2.37. The zero-order valence-electron chi connectivity index (χ0n) is 16.7. The Kier molecular flexibility index (Phi) is 7.19. The van der Waals surface area contributed by atoms with E-state index in [0.29, 0.717) is 28.3 Å². The van der Waals surface area contributed by atoms with Crippen LogP contribution in [0.25, 0.3) is 11.0 Å². The van der Waals surface area contributed by atoms with Crippen LogP contribution in [0.5, 0.6) is 0 Å². The molecule has 0 unspecified atom stereocenters. The summed E-state index contributed by atoms with van der Waals surface area (Å²) in [6.07, 6.45) is 1.20. The quantitative estimate of drug-likeness (QED) is 0.578. The summed E-state index contributed by atoms with van der Waals surface area (Å²) in [5, 5.41) is 5.93. The van der Waals surface area contributed by atoms with Crippen molar-refractivity contribution >= 4 is 40.1 Å². The van der Waals surface area contributed by atoms with Crippen molar-refractivity contribution in [1.82, 2.24) is 14.9 Å². The molecule has 0 aliphatic heterocycles. The van der Waals surface area contributed by atoms with Gasteiger partial charge in [0, 0.05) is 19.4 Å². The predicted molar refractivity (Wildman–Crippen MR) is 118 cm³/mol. The van der Waals surface area contributed by atoms with Crippen LogP contribution in [0.15, 0.2) is 53.3 Å². The average Bonchev–Trinajstić information content (AvgIpc) is 2.74. The third-order valence-corrected chi connectivity index (χ3v) is 4.86. The zero-order valence-corrected chi connectivity index (χ0v) is 17.4. The monoisotopic (exact) mass is 426 g/mol. The lowest BCUT2D eigenvalue weighted by atomic mass is 10.2. The Morgan fingerprint density at radius 1 is 1.07 bits per heavy atom. The van der Waals surface area contributed by atoms with Crippen LogP contribution in [0, 0.1) is 0 Å². The van der Waals surface area contributed by atoms with Gasteiger partial charge in [0.05, 0.1) is 21.7 Å². The molecule has 7 nitrogen and oxygen atoms in total. The van der Waals surface area contributed by atoms with Gasteiger partial charge in [0.1, 0.15) is 12.2 Å². The molecule has 2 N–H and O–H groups in total. The fourth-order valence-electron chi connectivity index (χ4n) is 3.05. The molecule has 156 valence electrons. The highest BCUT2D eigenvalue weighted by molar-refractivity contribution is 6.33. The third-order valence-electron chi connectivity index (χ3n) is 4.53. The Hall–Kier alpha value is -3.19. The summed E-state index contributed by atoms with van der Waals surface area (Å²) in [5.74, 6) is -0.512. The minimum Gasteiger partial charge on any atom is -0.356 e. The summed E-state index contributed by atoms with van der Waals surface area (Å²) in [6, 6.07) is 14.0. The third kappa shape index (κ3) is 5.24. The molecule has 3 rings (SSSR count). The van der Waals surface area contributed by atoms with Crippen LogP contribution in [0.1, 0.15) is 25.5 Å². The topological polar surface area (TPSA) is 93.1 Å². The minimum absolute atomic E-state index is 0.130. The molecule has 0 saturated heterocycles. The van der Waals surface area contributed by atoms with Crippen LogP contribution in [0.4, 0.5) is 5.69 Å². The van der Waals surface area contributed by atoms with Gasteiger partial charge in [0.15, 0.2) is 0 Å². The Balaban J connectivity index is 1.86. The second-order valence-corrected chi connectivity index (χ2v) is 7.22.